The first kappa shape index (κ1) is 19.7. The zero-order valence-corrected chi connectivity index (χ0v) is 17.4. The largest absolute Gasteiger partial charge is 0.325 e. The van der Waals surface area contributed by atoms with Gasteiger partial charge in [0.1, 0.15) is 5.54 Å². The highest BCUT2D eigenvalue weighted by atomic mass is 35.5. The molecule has 5 nitrogen and oxygen atoms in total. The fraction of sp³-hybridized carbons (Fsp3) is 0.636. The Balaban J connectivity index is 1.61. The molecule has 2 heterocycles. The van der Waals surface area contributed by atoms with E-state index in [2.05, 4.69) is 17.1 Å². The van der Waals surface area contributed by atoms with Gasteiger partial charge in [-0.15, -0.1) is 0 Å². The van der Waals surface area contributed by atoms with Crippen LogP contribution in [0.15, 0.2) is 24.3 Å². The summed E-state index contributed by atoms with van der Waals surface area (Å²) in [6.45, 7) is 5.81. The van der Waals surface area contributed by atoms with Crippen molar-refractivity contribution in [1.82, 2.24) is 15.1 Å². The lowest BCUT2D eigenvalue weighted by atomic mass is 9.74. The predicted molar refractivity (Wildman–Crippen MR) is 110 cm³/mol. The zero-order valence-electron chi connectivity index (χ0n) is 16.6. The summed E-state index contributed by atoms with van der Waals surface area (Å²) in [7, 11) is 0. The van der Waals surface area contributed by atoms with E-state index in [4.69, 9.17) is 11.6 Å². The van der Waals surface area contributed by atoms with Crippen LogP contribution in [0.5, 0.6) is 0 Å². The summed E-state index contributed by atoms with van der Waals surface area (Å²) in [4.78, 5) is 30.3. The number of halogens is 1. The molecule has 1 N–H and O–H groups in total. The van der Waals surface area contributed by atoms with Gasteiger partial charge in [-0.05, 0) is 75.2 Å². The van der Waals surface area contributed by atoms with E-state index < -0.39 is 5.54 Å². The van der Waals surface area contributed by atoms with Crippen LogP contribution in [0.1, 0.15) is 44.6 Å². The van der Waals surface area contributed by atoms with E-state index in [1.54, 1.807) is 0 Å². The Morgan fingerprint density at radius 1 is 1.14 bits per heavy atom. The lowest BCUT2D eigenvalue weighted by Gasteiger charge is -2.41. The smallest absolute Gasteiger partial charge is 0.322 e. The van der Waals surface area contributed by atoms with Crippen LogP contribution in [0.3, 0.4) is 0 Å². The standard InChI is InChI=1S/C22H30ClN3O2/c1-2-11-25-12-9-18(10-13-25)22(14-17-5-3-4-6-19(17)23)20(27)26(21(28)24-22)15-16-7-8-16/h3-6,16,18H,2,7-15H2,1H3,(H,24,28). The van der Waals surface area contributed by atoms with E-state index in [1.165, 1.54) is 4.90 Å². The minimum Gasteiger partial charge on any atom is -0.322 e. The number of imide groups is 1. The van der Waals surface area contributed by atoms with Gasteiger partial charge in [0.25, 0.3) is 5.91 Å². The lowest BCUT2D eigenvalue weighted by Crippen LogP contribution is -2.57. The van der Waals surface area contributed by atoms with Crippen LogP contribution >= 0.6 is 11.6 Å². The van der Waals surface area contributed by atoms with Crippen molar-refractivity contribution in [2.45, 2.75) is 51.0 Å². The second-order valence-electron chi connectivity index (χ2n) is 8.64. The predicted octanol–water partition coefficient (Wildman–Crippen LogP) is 3.71. The summed E-state index contributed by atoms with van der Waals surface area (Å²) in [5, 5.41) is 3.81. The molecule has 6 heteroatoms. The Morgan fingerprint density at radius 2 is 1.86 bits per heavy atom. The summed E-state index contributed by atoms with van der Waals surface area (Å²) in [6.07, 6.45) is 5.69. The molecule has 152 valence electrons. The van der Waals surface area contributed by atoms with Crippen LogP contribution in [0, 0.1) is 11.8 Å². The van der Waals surface area contributed by atoms with E-state index >= 15 is 0 Å². The summed E-state index contributed by atoms with van der Waals surface area (Å²) in [6, 6.07) is 7.45. The number of nitrogens with zero attached hydrogens (tertiary/aromatic N) is 2. The molecule has 1 aromatic carbocycles. The van der Waals surface area contributed by atoms with Gasteiger partial charge in [-0.1, -0.05) is 36.7 Å². The highest BCUT2D eigenvalue weighted by molar-refractivity contribution is 6.31. The van der Waals surface area contributed by atoms with Crippen molar-refractivity contribution in [2.24, 2.45) is 11.8 Å². The average molecular weight is 404 g/mol. The van der Waals surface area contributed by atoms with Gasteiger partial charge in [-0.25, -0.2) is 4.79 Å². The van der Waals surface area contributed by atoms with Crippen molar-refractivity contribution in [3.63, 3.8) is 0 Å². The number of benzene rings is 1. The summed E-state index contributed by atoms with van der Waals surface area (Å²) in [5.41, 5.74) is 0.0667. The number of hydrogen-bond donors (Lipinski definition) is 1. The van der Waals surface area contributed by atoms with Crippen LogP contribution in [0.4, 0.5) is 4.79 Å². The fourth-order valence-corrected chi connectivity index (χ4v) is 5.02. The number of rotatable bonds is 7. The van der Waals surface area contributed by atoms with Crippen molar-refractivity contribution in [3.05, 3.63) is 34.9 Å². The highest BCUT2D eigenvalue weighted by Gasteiger charge is 2.56. The maximum absolute atomic E-state index is 13.6. The topological polar surface area (TPSA) is 52.7 Å². The van der Waals surface area contributed by atoms with E-state index in [-0.39, 0.29) is 17.9 Å². The molecular formula is C22H30ClN3O2. The van der Waals surface area contributed by atoms with Crippen LogP contribution in [0.25, 0.3) is 0 Å². The van der Waals surface area contributed by atoms with E-state index in [0.29, 0.717) is 23.9 Å². The maximum atomic E-state index is 13.6. The molecule has 1 unspecified atom stereocenters. The summed E-state index contributed by atoms with van der Waals surface area (Å²) in [5.74, 6) is 0.577. The normalized spacial score (nSPS) is 26.7. The SMILES string of the molecule is CCCN1CCC(C2(Cc3ccccc3Cl)NC(=O)N(CC3CC3)C2=O)CC1. The van der Waals surface area contributed by atoms with Crippen molar-refractivity contribution in [1.29, 1.82) is 0 Å². The second-order valence-corrected chi connectivity index (χ2v) is 9.05. The number of carbonyl (C=O) groups is 2. The third-order valence-electron chi connectivity index (χ3n) is 6.59. The van der Waals surface area contributed by atoms with Gasteiger partial charge in [0.05, 0.1) is 0 Å². The number of hydrogen-bond acceptors (Lipinski definition) is 3. The Morgan fingerprint density at radius 3 is 2.50 bits per heavy atom. The van der Waals surface area contributed by atoms with Gasteiger partial charge in [0.15, 0.2) is 0 Å². The van der Waals surface area contributed by atoms with Crippen molar-refractivity contribution < 1.29 is 9.59 Å². The molecule has 3 aliphatic rings. The molecule has 3 amide bonds. The van der Waals surface area contributed by atoms with Crippen LogP contribution in [-0.4, -0.2) is 53.5 Å². The first-order valence-corrected chi connectivity index (χ1v) is 11.0. The summed E-state index contributed by atoms with van der Waals surface area (Å²) < 4.78 is 0. The molecule has 1 saturated carbocycles. The molecule has 0 aromatic heterocycles. The van der Waals surface area contributed by atoms with Crippen LogP contribution < -0.4 is 5.32 Å². The summed E-state index contributed by atoms with van der Waals surface area (Å²) >= 11 is 6.44. The molecule has 3 fully saturated rings. The molecule has 0 spiro atoms. The molecule has 1 aromatic rings. The molecule has 4 rings (SSSR count). The molecule has 1 atom stereocenters. The van der Waals surface area contributed by atoms with Gasteiger partial charge in [0, 0.05) is 18.0 Å². The van der Waals surface area contributed by atoms with Gasteiger partial charge in [-0.2, -0.15) is 0 Å². The highest BCUT2D eigenvalue weighted by Crippen LogP contribution is 2.39. The Labute approximate surface area is 172 Å². The molecule has 1 aliphatic carbocycles. The Hall–Kier alpha value is -1.59. The number of nitrogens with one attached hydrogen (secondary N) is 1. The molecule has 0 bridgehead atoms. The van der Waals surface area contributed by atoms with E-state index in [9.17, 15) is 9.59 Å². The van der Waals surface area contributed by atoms with Gasteiger partial charge < -0.3 is 10.2 Å². The first-order valence-electron chi connectivity index (χ1n) is 10.6. The van der Waals surface area contributed by atoms with Crippen molar-refractivity contribution >= 4 is 23.5 Å². The van der Waals surface area contributed by atoms with Gasteiger partial charge in [0.2, 0.25) is 0 Å². The monoisotopic (exact) mass is 403 g/mol. The molecule has 2 saturated heterocycles. The second kappa shape index (κ2) is 8.03. The number of carbonyl (C=O) groups excluding carboxylic acids is 2. The van der Waals surface area contributed by atoms with Gasteiger partial charge >= 0.3 is 6.03 Å². The molecule has 0 radical (unpaired) electrons. The lowest BCUT2D eigenvalue weighted by molar-refractivity contribution is -0.134. The van der Waals surface area contributed by atoms with E-state index in [1.807, 2.05) is 24.3 Å². The molecule has 28 heavy (non-hydrogen) atoms. The van der Waals surface area contributed by atoms with E-state index in [0.717, 1.165) is 57.3 Å². The Bertz CT molecular complexity index is 743. The van der Waals surface area contributed by atoms with Crippen LogP contribution in [-0.2, 0) is 11.2 Å². The minimum absolute atomic E-state index is 0.0433. The number of piperidine rings is 1. The minimum atomic E-state index is -0.866. The molecule has 2 aliphatic heterocycles. The quantitative estimate of drug-likeness (QED) is 0.706. The van der Waals surface area contributed by atoms with Crippen molar-refractivity contribution in [2.75, 3.05) is 26.2 Å². The maximum Gasteiger partial charge on any atom is 0.325 e. The number of amides is 3. The molecular weight excluding hydrogens is 374 g/mol. The average Bonchev–Trinajstić information content (AvgIpc) is 3.48. The zero-order chi connectivity index (χ0) is 19.7. The Kier molecular flexibility index (Phi) is 5.66. The van der Waals surface area contributed by atoms with Crippen LogP contribution in [0.2, 0.25) is 5.02 Å². The van der Waals surface area contributed by atoms with Crippen molar-refractivity contribution in [3.8, 4) is 0 Å². The third-order valence-corrected chi connectivity index (χ3v) is 6.96. The number of urea groups is 1. The van der Waals surface area contributed by atoms with Gasteiger partial charge in [-0.3, -0.25) is 9.69 Å². The third kappa shape index (κ3) is 3.79. The fourth-order valence-electron chi connectivity index (χ4n) is 4.82. The first-order chi connectivity index (χ1) is 13.5. The number of likely N-dealkylation sites (tertiary alicyclic amines) is 1.